The molecule has 0 radical (unpaired) electrons. The van der Waals surface area contributed by atoms with Crippen molar-refractivity contribution in [1.82, 2.24) is 5.32 Å². The minimum atomic E-state index is 0.244. The zero-order valence-electron chi connectivity index (χ0n) is 12.4. The van der Waals surface area contributed by atoms with Crippen LogP contribution in [0.25, 0.3) is 0 Å². The number of halogens is 1. The predicted molar refractivity (Wildman–Crippen MR) is 90.2 cm³/mol. The lowest BCUT2D eigenvalue weighted by atomic mass is 9.91. The number of rotatable bonds is 5. The summed E-state index contributed by atoms with van der Waals surface area (Å²) in [6.07, 6.45) is 2.14. The van der Waals surface area contributed by atoms with Gasteiger partial charge in [0.05, 0.1) is 6.04 Å². The van der Waals surface area contributed by atoms with E-state index in [0.29, 0.717) is 0 Å². The number of aryl methyl sites for hydroxylation is 2. The van der Waals surface area contributed by atoms with Crippen molar-refractivity contribution < 1.29 is 0 Å². The van der Waals surface area contributed by atoms with Crippen molar-refractivity contribution in [3.63, 3.8) is 0 Å². The zero-order chi connectivity index (χ0) is 14.5. The molecule has 1 N–H and O–H groups in total. The second-order valence-electron chi connectivity index (χ2n) is 5.02. The van der Waals surface area contributed by atoms with Crippen LogP contribution in [0.3, 0.4) is 0 Å². The van der Waals surface area contributed by atoms with E-state index in [1.54, 1.807) is 0 Å². The highest BCUT2D eigenvalue weighted by molar-refractivity contribution is 9.10. The highest BCUT2D eigenvalue weighted by atomic mass is 79.9. The third-order valence-electron chi connectivity index (χ3n) is 3.78. The Morgan fingerprint density at radius 1 is 1.05 bits per heavy atom. The highest BCUT2D eigenvalue weighted by Gasteiger charge is 2.15. The molecule has 0 fully saturated rings. The summed E-state index contributed by atoms with van der Waals surface area (Å²) in [7, 11) is 2.03. The number of hydrogen-bond donors (Lipinski definition) is 1. The van der Waals surface area contributed by atoms with Crippen LogP contribution in [-0.2, 0) is 12.8 Å². The van der Waals surface area contributed by atoms with E-state index in [1.165, 1.54) is 22.3 Å². The van der Waals surface area contributed by atoms with Gasteiger partial charge in [0.1, 0.15) is 0 Å². The molecule has 20 heavy (non-hydrogen) atoms. The van der Waals surface area contributed by atoms with Crippen LogP contribution in [0.5, 0.6) is 0 Å². The molecule has 0 aliphatic rings. The van der Waals surface area contributed by atoms with Gasteiger partial charge in [-0.15, -0.1) is 0 Å². The number of hydrogen-bond acceptors (Lipinski definition) is 1. The standard InChI is InChI=1S/C18H22BrN/c1-4-13-9-10-14(5-2)17(11-13)18(20-3)15-7-6-8-16(19)12-15/h6-12,18,20H,4-5H2,1-3H3. The zero-order valence-corrected chi connectivity index (χ0v) is 14.0. The molecule has 1 unspecified atom stereocenters. The van der Waals surface area contributed by atoms with E-state index in [2.05, 4.69) is 77.6 Å². The second-order valence-corrected chi connectivity index (χ2v) is 5.93. The fourth-order valence-corrected chi connectivity index (χ4v) is 3.06. The first-order valence-electron chi connectivity index (χ1n) is 7.24. The monoisotopic (exact) mass is 331 g/mol. The minimum Gasteiger partial charge on any atom is -0.309 e. The maximum atomic E-state index is 3.57. The van der Waals surface area contributed by atoms with Crippen molar-refractivity contribution in [2.45, 2.75) is 32.7 Å². The van der Waals surface area contributed by atoms with Crippen LogP contribution in [0, 0.1) is 0 Å². The smallest absolute Gasteiger partial charge is 0.0577 e. The van der Waals surface area contributed by atoms with Gasteiger partial charge in [-0.2, -0.15) is 0 Å². The summed E-state index contributed by atoms with van der Waals surface area (Å²) in [5, 5.41) is 3.47. The van der Waals surface area contributed by atoms with Gasteiger partial charge in [0.25, 0.3) is 0 Å². The molecule has 0 aromatic heterocycles. The van der Waals surface area contributed by atoms with Crippen molar-refractivity contribution in [2.24, 2.45) is 0 Å². The molecule has 2 rings (SSSR count). The van der Waals surface area contributed by atoms with Crippen LogP contribution < -0.4 is 5.32 Å². The molecule has 0 saturated carbocycles. The average Bonchev–Trinajstić information content (AvgIpc) is 2.48. The maximum Gasteiger partial charge on any atom is 0.0577 e. The van der Waals surface area contributed by atoms with Gasteiger partial charge in [0.15, 0.2) is 0 Å². The summed E-state index contributed by atoms with van der Waals surface area (Å²) < 4.78 is 1.12. The largest absolute Gasteiger partial charge is 0.309 e. The van der Waals surface area contributed by atoms with E-state index in [1.807, 2.05) is 7.05 Å². The molecule has 0 saturated heterocycles. The Morgan fingerprint density at radius 2 is 1.85 bits per heavy atom. The Kier molecular flexibility index (Phi) is 5.38. The highest BCUT2D eigenvalue weighted by Crippen LogP contribution is 2.28. The minimum absolute atomic E-state index is 0.244. The Morgan fingerprint density at radius 3 is 2.45 bits per heavy atom. The van der Waals surface area contributed by atoms with E-state index in [0.717, 1.165) is 17.3 Å². The topological polar surface area (TPSA) is 12.0 Å². The van der Waals surface area contributed by atoms with E-state index in [-0.39, 0.29) is 6.04 Å². The van der Waals surface area contributed by atoms with E-state index in [4.69, 9.17) is 0 Å². The van der Waals surface area contributed by atoms with Crippen molar-refractivity contribution in [3.05, 3.63) is 69.2 Å². The molecule has 1 nitrogen and oxygen atoms in total. The molecule has 2 aromatic rings. The molecule has 1 atom stereocenters. The van der Waals surface area contributed by atoms with E-state index >= 15 is 0 Å². The van der Waals surface area contributed by atoms with Gasteiger partial charge in [-0.25, -0.2) is 0 Å². The van der Waals surface area contributed by atoms with Crippen LogP contribution in [0.2, 0.25) is 0 Å². The molecule has 2 heteroatoms. The maximum absolute atomic E-state index is 3.57. The van der Waals surface area contributed by atoms with Gasteiger partial charge in [0.2, 0.25) is 0 Å². The van der Waals surface area contributed by atoms with Crippen molar-refractivity contribution in [1.29, 1.82) is 0 Å². The van der Waals surface area contributed by atoms with Crippen LogP contribution in [0.15, 0.2) is 46.9 Å². The molecule has 0 aliphatic carbocycles. The van der Waals surface area contributed by atoms with Gasteiger partial charge in [-0.3, -0.25) is 0 Å². The van der Waals surface area contributed by atoms with Crippen molar-refractivity contribution in [3.8, 4) is 0 Å². The summed E-state index contributed by atoms with van der Waals surface area (Å²) in [5.74, 6) is 0. The molecular formula is C18H22BrN. The molecule has 106 valence electrons. The Balaban J connectivity index is 2.50. The molecule has 0 aliphatic heterocycles. The third kappa shape index (κ3) is 3.31. The average molecular weight is 332 g/mol. The lowest BCUT2D eigenvalue weighted by Crippen LogP contribution is -2.19. The Hall–Kier alpha value is -1.12. The summed E-state index contributed by atoms with van der Waals surface area (Å²) in [4.78, 5) is 0. The van der Waals surface area contributed by atoms with Gasteiger partial charge < -0.3 is 5.32 Å². The van der Waals surface area contributed by atoms with Crippen molar-refractivity contribution >= 4 is 15.9 Å². The van der Waals surface area contributed by atoms with Crippen molar-refractivity contribution in [2.75, 3.05) is 7.05 Å². The van der Waals surface area contributed by atoms with Gasteiger partial charge in [-0.1, -0.05) is 60.1 Å². The molecule has 0 bridgehead atoms. The summed E-state index contributed by atoms with van der Waals surface area (Å²) in [6.45, 7) is 4.43. The predicted octanol–water partition coefficient (Wildman–Crippen LogP) is 4.88. The summed E-state index contributed by atoms with van der Waals surface area (Å²) in [6, 6.07) is 15.7. The molecule has 0 amide bonds. The van der Waals surface area contributed by atoms with Crippen LogP contribution in [0.1, 0.15) is 42.1 Å². The lowest BCUT2D eigenvalue weighted by Gasteiger charge is -2.21. The SMILES string of the molecule is CCc1ccc(CC)c(C(NC)c2cccc(Br)c2)c1. The molecule has 0 heterocycles. The molecule has 2 aromatic carbocycles. The quantitative estimate of drug-likeness (QED) is 0.823. The summed E-state index contributed by atoms with van der Waals surface area (Å²) >= 11 is 3.57. The second kappa shape index (κ2) is 7.05. The third-order valence-corrected chi connectivity index (χ3v) is 4.27. The van der Waals surface area contributed by atoms with E-state index < -0.39 is 0 Å². The fourth-order valence-electron chi connectivity index (χ4n) is 2.64. The van der Waals surface area contributed by atoms with Crippen LogP contribution >= 0.6 is 15.9 Å². The first-order valence-corrected chi connectivity index (χ1v) is 8.03. The first-order chi connectivity index (χ1) is 9.69. The fraction of sp³-hybridized carbons (Fsp3) is 0.333. The van der Waals surface area contributed by atoms with Gasteiger partial charge in [-0.05, 0) is 54.3 Å². The van der Waals surface area contributed by atoms with E-state index in [9.17, 15) is 0 Å². The van der Waals surface area contributed by atoms with Gasteiger partial charge >= 0.3 is 0 Å². The van der Waals surface area contributed by atoms with Gasteiger partial charge in [0, 0.05) is 4.47 Å². The summed E-state index contributed by atoms with van der Waals surface area (Å²) in [5.41, 5.74) is 5.51. The Bertz CT molecular complexity index is 577. The number of benzene rings is 2. The lowest BCUT2D eigenvalue weighted by molar-refractivity contribution is 0.682. The Labute approximate surface area is 130 Å². The molecule has 0 spiro atoms. The number of nitrogens with one attached hydrogen (secondary N) is 1. The first kappa shape index (κ1) is 15.3. The molecular weight excluding hydrogens is 310 g/mol. The van der Waals surface area contributed by atoms with Crippen LogP contribution in [-0.4, -0.2) is 7.05 Å². The normalized spacial score (nSPS) is 12.4. The van der Waals surface area contributed by atoms with Crippen LogP contribution in [0.4, 0.5) is 0 Å².